The third kappa shape index (κ3) is 2.87. The van der Waals surface area contributed by atoms with E-state index >= 15 is 0 Å². The van der Waals surface area contributed by atoms with E-state index < -0.39 is 0 Å². The normalized spacial score (nSPS) is 32.5. The quantitative estimate of drug-likeness (QED) is 0.928. The van der Waals surface area contributed by atoms with Crippen molar-refractivity contribution in [3.05, 3.63) is 35.9 Å². The van der Waals surface area contributed by atoms with Crippen LogP contribution in [0.5, 0.6) is 0 Å². The lowest BCUT2D eigenvalue weighted by molar-refractivity contribution is -0.134. The number of nitrogens with zero attached hydrogens (tertiary/aromatic N) is 1. The number of hydrogen-bond acceptors (Lipinski definition) is 2. The maximum Gasteiger partial charge on any atom is 0.245 e. The smallest absolute Gasteiger partial charge is 0.245 e. The van der Waals surface area contributed by atoms with E-state index in [4.69, 9.17) is 0 Å². The molecular formula is C19H24N2O2. The first-order valence-electron chi connectivity index (χ1n) is 8.84. The highest BCUT2D eigenvalue weighted by Crippen LogP contribution is 2.48. The fourth-order valence-electron chi connectivity index (χ4n) is 4.68. The molecule has 1 aromatic rings. The molecule has 1 aromatic carbocycles. The number of rotatable bonds is 4. The summed E-state index contributed by atoms with van der Waals surface area (Å²) < 4.78 is 0. The molecule has 4 rings (SSSR count). The molecule has 122 valence electrons. The summed E-state index contributed by atoms with van der Waals surface area (Å²) >= 11 is 0. The molecular weight excluding hydrogens is 288 g/mol. The van der Waals surface area contributed by atoms with Crippen molar-refractivity contribution in [2.45, 2.75) is 44.7 Å². The lowest BCUT2D eigenvalue weighted by atomic mass is 9.88. The number of benzene rings is 1. The van der Waals surface area contributed by atoms with Crippen LogP contribution in [0.1, 0.15) is 37.7 Å². The molecule has 4 nitrogen and oxygen atoms in total. The Morgan fingerprint density at radius 1 is 1.13 bits per heavy atom. The molecule has 0 spiro atoms. The molecule has 0 unspecified atom stereocenters. The SMILES string of the molecule is O=C(N[C@@H]1CCN(Cc2ccccc2)C1=O)[C@H]1C[C@H]2CC[C@H]1C2. The standard InChI is InChI=1S/C19H24N2O2/c22-18(16-11-14-6-7-15(16)10-14)20-17-8-9-21(19(17)23)12-13-4-2-1-3-5-13/h1-5,14-17H,6-12H2,(H,20,22)/t14-,15-,16-,17+/m0/s1. The molecule has 23 heavy (non-hydrogen) atoms. The van der Waals surface area contributed by atoms with Crippen molar-refractivity contribution in [3.8, 4) is 0 Å². The maximum atomic E-state index is 12.5. The van der Waals surface area contributed by atoms with E-state index in [0.29, 0.717) is 12.5 Å². The van der Waals surface area contributed by atoms with Gasteiger partial charge < -0.3 is 10.2 Å². The highest BCUT2D eigenvalue weighted by Gasteiger charge is 2.44. The Kier molecular flexibility index (Phi) is 3.83. The van der Waals surface area contributed by atoms with Crippen molar-refractivity contribution in [2.24, 2.45) is 17.8 Å². The van der Waals surface area contributed by atoms with Crippen molar-refractivity contribution in [2.75, 3.05) is 6.54 Å². The van der Waals surface area contributed by atoms with Crippen LogP contribution in [0.25, 0.3) is 0 Å². The largest absolute Gasteiger partial charge is 0.344 e. The Balaban J connectivity index is 1.34. The van der Waals surface area contributed by atoms with Crippen molar-refractivity contribution in [1.29, 1.82) is 0 Å². The number of nitrogens with one attached hydrogen (secondary N) is 1. The Labute approximate surface area is 137 Å². The first-order valence-corrected chi connectivity index (χ1v) is 8.84. The van der Waals surface area contributed by atoms with Crippen molar-refractivity contribution >= 4 is 11.8 Å². The van der Waals surface area contributed by atoms with Crippen LogP contribution in [0.2, 0.25) is 0 Å². The Morgan fingerprint density at radius 2 is 1.96 bits per heavy atom. The van der Waals surface area contributed by atoms with Crippen molar-refractivity contribution in [3.63, 3.8) is 0 Å². The second-order valence-corrected chi connectivity index (χ2v) is 7.38. The lowest BCUT2D eigenvalue weighted by Gasteiger charge is -2.23. The van der Waals surface area contributed by atoms with Gasteiger partial charge in [-0.1, -0.05) is 36.8 Å². The third-order valence-electron chi connectivity index (χ3n) is 5.91. The van der Waals surface area contributed by atoms with Gasteiger partial charge in [-0.3, -0.25) is 9.59 Å². The van der Waals surface area contributed by atoms with Crippen LogP contribution < -0.4 is 5.32 Å². The minimum absolute atomic E-state index is 0.0744. The van der Waals surface area contributed by atoms with Gasteiger partial charge in [-0.2, -0.15) is 0 Å². The first kappa shape index (κ1) is 14.7. The molecule has 3 aliphatic rings. The van der Waals surface area contributed by atoms with Gasteiger partial charge in [-0.15, -0.1) is 0 Å². The van der Waals surface area contributed by atoms with Crippen LogP contribution in [-0.2, 0) is 16.1 Å². The van der Waals surface area contributed by atoms with Crippen LogP contribution in [0.4, 0.5) is 0 Å². The molecule has 3 fully saturated rings. The van der Waals surface area contributed by atoms with Gasteiger partial charge in [0.1, 0.15) is 6.04 Å². The van der Waals surface area contributed by atoms with Crippen LogP contribution in [-0.4, -0.2) is 29.3 Å². The van der Waals surface area contributed by atoms with Gasteiger partial charge in [-0.05, 0) is 43.1 Å². The van der Waals surface area contributed by atoms with Crippen LogP contribution in [0.3, 0.4) is 0 Å². The summed E-state index contributed by atoms with van der Waals surface area (Å²) in [5.74, 6) is 1.67. The van der Waals surface area contributed by atoms with Gasteiger partial charge in [0.15, 0.2) is 0 Å². The lowest BCUT2D eigenvalue weighted by Crippen LogP contribution is -2.44. The summed E-state index contributed by atoms with van der Waals surface area (Å²) in [6.45, 7) is 1.37. The van der Waals surface area contributed by atoms with Crippen LogP contribution >= 0.6 is 0 Å². The van der Waals surface area contributed by atoms with Gasteiger partial charge in [0.25, 0.3) is 0 Å². The predicted molar refractivity (Wildman–Crippen MR) is 87.3 cm³/mol. The molecule has 1 N–H and O–H groups in total. The summed E-state index contributed by atoms with van der Waals surface area (Å²) in [5.41, 5.74) is 1.14. The number of fused-ring (bicyclic) bond motifs is 2. The Hall–Kier alpha value is -1.84. The maximum absolute atomic E-state index is 12.5. The predicted octanol–water partition coefficient (Wildman–Crippen LogP) is 2.34. The fraction of sp³-hybridized carbons (Fsp3) is 0.579. The molecule has 1 saturated heterocycles. The highest BCUT2D eigenvalue weighted by molar-refractivity contribution is 5.90. The van der Waals surface area contributed by atoms with E-state index in [1.807, 2.05) is 35.2 Å². The zero-order chi connectivity index (χ0) is 15.8. The molecule has 2 bridgehead atoms. The number of likely N-dealkylation sites (tertiary alicyclic amines) is 1. The zero-order valence-electron chi connectivity index (χ0n) is 13.4. The minimum Gasteiger partial charge on any atom is -0.344 e. The summed E-state index contributed by atoms with van der Waals surface area (Å²) in [7, 11) is 0. The molecule has 1 heterocycles. The minimum atomic E-state index is -0.315. The van der Waals surface area contributed by atoms with Gasteiger partial charge in [0.05, 0.1) is 0 Å². The van der Waals surface area contributed by atoms with E-state index in [2.05, 4.69) is 5.32 Å². The molecule has 0 radical (unpaired) electrons. The molecule has 4 heteroatoms. The monoisotopic (exact) mass is 312 g/mol. The van der Waals surface area contributed by atoms with E-state index in [-0.39, 0.29) is 23.8 Å². The topological polar surface area (TPSA) is 49.4 Å². The summed E-state index contributed by atoms with van der Waals surface area (Å²) in [5, 5.41) is 3.04. The number of carbonyl (C=O) groups is 2. The van der Waals surface area contributed by atoms with Crippen molar-refractivity contribution in [1.82, 2.24) is 10.2 Å². The fourth-order valence-corrected chi connectivity index (χ4v) is 4.68. The molecule has 4 atom stereocenters. The Bertz CT molecular complexity index is 601. The van der Waals surface area contributed by atoms with Gasteiger partial charge >= 0.3 is 0 Å². The summed E-state index contributed by atoms with van der Waals surface area (Å²) in [6.07, 6.45) is 5.48. The van der Waals surface area contributed by atoms with E-state index in [1.54, 1.807) is 0 Å². The molecule has 1 aliphatic heterocycles. The highest BCUT2D eigenvalue weighted by atomic mass is 16.2. The second-order valence-electron chi connectivity index (χ2n) is 7.38. The average Bonchev–Trinajstić information content (AvgIpc) is 3.27. The Morgan fingerprint density at radius 3 is 2.65 bits per heavy atom. The zero-order valence-corrected chi connectivity index (χ0v) is 13.4. The summed E-state index contributed by atoms with van der Waals surface area (Å²) in [4.78, 5) is 26.9. The third-order valence-corrected chi connectivity index (χ3v) is 5.91. The van der Waals surface area contributed by atoms with E-state index in [9.17, 15) is 9.59 Å². The molecule has 2 aliphatic carbocycles. The molecule has 2 saturated carbocycles. The molecule has 2 amide bonds. The van der Waals surface area contributed by atoms with Crippen LogP contribution in [0.15, 0.2) is 30.3 Å². The molecule has 0 aromatic heterocycles. The number of hydrogen-bond donors (Lipinski definition) is 1. The first-order chi connectivity index (χ1) is 11.2. The number of amides is 2. The van der Waals surface area contributed by atoms with Crippen molar-refractivity contribution < 1.29 is 9.59 Å². The van der Waals surface area contributed by atoms with E-state index in [0.717, 1.165) is 30.9 Å². The van der Waals surface area contributed by atoms with Gasteiger partial charge in [0, 0.05) is 19.0 Å². The second kappa shape index (κ2) is 5.99. The van der Waals surface area contributed by atoms with E-state index in [1.165, 1.54) is 19.3 Å². The average molecular weight is 312 g/mol. The van der Waals surface area contributed by atoms with Crippen LogP contribution in [0, 0.1) is 17.8 Å². The van der Waals surface area contributed by atoms with Gasteiger partial charge in [-0.25, -0.2) is 0 Å². The summed E-state index contributed by atoms with van der Waals surface area (Å²) in [6, 6.07) is 9.72. The number of carbonyl (C=O) groups excluding carboxylic acids is 2. The van der Waals surface area contributed by atoms with Gasteiger partial charge in [0.2, 0.25) is 11.8 Å².